The van der Waals surface area contributed by atoms with Crippen molar-refractivity contribution in [1.29, 1.82) is 0 Å². The first-order chi connectivity index (χ1) is 12.8. The van der Waals surface area contributed by atoms with E-state index in [1.54, 1.807) is 0 Å². The van der Waals surface area contributed by atoms with Gasteiger partial charge in [-0.1, -0.05) is 47.0 Å². The molecule has 2 amide bonds. The Hall–Kier alpha value is -1.79. The Morgan fingerprint density at radius 1 is 1.00 bits per heavy atom. The summed E-state index contributed by atoms with van der Waals surface area (Å²) >= 11 is 13.3. The fourth-order valence-electron chi connectivity index (χ4n) is 3.03. The van der Waals surface area contributed by atoms with Gasteiger partial charge in [-0.05, 0) is 43.2 Å². The van der Waals surface area contributed by atoms with E-state index in [4.69, 9.17) is 23.2 Å². The largest absolute Gasteiger partial charge is 0.396 e. The number of hydrogen-bond acceptors (Lipinski definition) is 4. The summed E-state index contributed by atoms with van der Waals surface area (Å²) in [6.45, 7) is 3.77. The number of hydrogen-bond donors (Lipinski definition) is 1. The molecule has 1 aliphatic heterocycles. The summed E-state index contributed by atoms with van der Waals surface area (Å²) in [5.74, 6) is -0.551. The number of aliphatic hydroxyl groups excluding tert-OH is 1. The minimum atomic E-state index is -0.438. The van der Waals surface area contributed by atoms with Crippen LogP contribution in [0.25, 0.3) is 5.57 Å². The fraction of sp³-hybridized carbons (Fsp3) is 0.200. The quantitative estimate of drug-likeness (QED) is 0.715. The smallest absolute Gasteiger partial charge is 0.272 e. The van der Waals surface area contributed by atoms with Gasteiger partial charge in [0.2, 0.25) is 0 Å². The molecule has 4 nitrogen and oxygen atoms in total. The van der Waals surface area contributed by atoms with Crippen molar-refractivity contribution in [3.05, 3.63) is 68.0 Å². The molecule has 0 aromatic heterocycles. The third kappa shape index (κ3) is 3.92. The average molecular weight is 422 g/mol. The molecule has 1 heterocycles. The normalized spacial score (nSPS) is 14.5. The highest BCUT2D eigenvalue weighted by Gasteiger charge is 2.40. The highest BCUT2D eigenvalue weighted by atomic mass is 35.5. The lowest BCUT2D eigenvalue weighted by Crippen LogP contribution is -2.31. The second-order valence-electron chi connectivity index (χ2n) is 6.17. The number of imide groups is 1. The zero-order chi connectivity index (χ0) is 19.7. The van der Waals surface area contributed by atoms with Gasteiger partial charge in [0.05, 0.1) is 22.8 Å². The highest BCUT2D eigenvalue weighted by Crippen LogP contribution is 2.40. The average Bonchev–Trinajstić information content (AvgIpc) is 2.82. The van der Waals surface area contributed by atoms with Gasteiger partial charge in [0.1, 0.15) is 0 Å². The van der Waals surface area contributed by atoms with E-state index in [0.717, 1.165) is 16.0 Å². The number of carbonyl (C=O) groups excluding carboxylic acids is 2. The van der Waals surface area contributed by atoms with Gasteiger partial charge in [0.25, 0.3) is 11.8 Å². The number of anilines is 1. The monoisotopic (exact) mass is 421 g/mol. The van der Waals surface area contributed by atoms with Crippen LogP contribution < -0.4 is 4.90 Å². The van der Waals surface area contributed by atoms with E-state index < -0.39 is 11.8 Å². The number of thioether (sulfide) groups is 1. The highest BCUT2D eigenvalue weighted by molar-refractivity contribution is 8.04. The van der Waals surface area contributed by atoms with E-state index in [2.05, 4.69) is 0 Å². The first-order valence-corrected chi connectivity index (χ1v) is 9.98. The number of rotatable bonds is 5. The van der Waals surface area contributed by atoms with Crippen molar-refractivity contribution in [2.24, 2.45) is 0 Å². The first kappa shape index (κ1) is 20.0. The van der Waals surface area contributed by atoms with E-state index in [1.165, 1.54) is 30.0 Å². The molecule has 0 fully saturated rings. The summed E-state index contributed by atoms with van der Waals surface area (Å²) in [6, 6.07) is 10.3. The Morgan fingerprint density at radius 3 is 2.26 bits per heavy atom. The molecule has 7 heteroatoms. The molecular weight excluding hydrogens is 405 g/mol. The summed E-state index contributed by atoms with van der Waals surface area (Å²) in [7, 11) is 0. The van der Waals surface area contributed by atoms with Crippen LogP contribution >= 0.6 is 35.0 Å². The maximum atomic E-state index is 13.2. The molecule has 0 spiro atoms. The summed E-state index contributed by atoms with van der Waals surface area (Å²) in [5.41, 5.74) is 3.34. The molecule has 0 saturated heterocycles. The van der Waals surface area contributed by atoms with Crippen LogP contribution in [0.1, 0.15) is 16.7 Å². The van der Waals surface area contributed by atoms with Crippen LogP contribution in [0.4, 0.5) is 5.69 Å². The molecule has 27 heavy (non-hydrogen) atoms. The Bertz CT molecular complexity index is 951. The molecule has 1 N–H and O–H groups in total. The predicted molar refractivity (Wildman–Crippen MR) is 111 cm³/mol. The minimum Gasteiger partial charge on any atom is -0.396 e. The van der Waals surface area contributed by atoms with E-state index in [-0.39, 0.29) is 6.61 Å². The maximum absolute atomic E-state index is 13.2. The Balaban J connectivity index is 2.14. The van der Waals surface area contributed by atoms with Crippen LogP contribution in [0.5, 0.6) is 0 Å². The lowest BCUT2D eigenvalue weighted by molar-refractivity contribution is -0.119. The number of halogens is 2. The lowest BCUT2D eigenvalue weighted by Gasteiger charge is -2.16. The van der Waals surface area contributed by atoms with E-state index >= 15 is 0 Å². The molecule has 1 aliphatic rings. The molecule has 0 aliphatic carbocycles. The van der Waals surface area contributed by atoms with Crippen molar-refractivity contribution in [3.63, 3.8) is 0 Å². The van der Waals surface area contributed by atoms with Gasteiger partial charge in [0, 0.05) is 15.8 Å². The van der Waals surface area contributed by atoms with Crippen molar-refractivity contribution in [3.8, 4) is 0 Å². The van der Waals surface area contributed by atoms with E-state index in [9.17, 15) is 14.7 Å². The Kier molecular flexibility index (Phi) is 5.96. The topological polar surface area (TPSA) is 57.6 Å². The van der Waals surface area contributed by atoms with Crippen molar-refractivity contribution in [2.75, 3.05) is 17.3 Å². The van der Waals surface area contributed by atoms with Gasteiger partial charge >= 0.3 is 0 Å². The molecule has 0 saturated carbocycles. The van der Waals surface area contributed by atoms with Gasteiger partial charge in [-0.15, -0.1) is 11.8 Å². The number of benzene rings is 2. The number of aryl methyl sites for hydroxylation is 2. The standard InChI is InChI=1S/C20H17Cl2NO3S/c1-11-3-4-16(12(2)7-11)17-18(27-6-5-24)20(26)23(19(17)25)15-9-13(21)8-14(22)10-15/h3-4,7-10,24H,5-6H2,1-2H3. The number of amides is 2. The first-order valence-electron chi connectivity index (χ1n) is 8.24. The second-order valence-corrected chi connectivity index (χ2v) is 8.15. The zero-order valence-electron chi connectivity index (χ0n) is 14.8. The molecule has 2 aromatic rings. The van der Waals surface area contributed by atoms with Crippen LogP contribution in [-0.4, -0.2) is 29.3 Å². The van der Waals surface area contributed by atoms with Crippen molar-refractivity contribution < 1.29 is 14.7 Å². The second kappa shape index (κ2) is 8.07. The SMILES string of the molecule is Cc1ccc(C2=C(SCCO)C(=O)N(c3cc(Cl)cc(Cl)c3)C2=O)c(C)c1. The maximum Gasteiger partial charge on any atom is 0.272 e. The molecule has 0 atom stereocenters. The van der Waals surface area contributed by atoms with Crippen LogP contribution in [0, 0.1) is 13.8 Å². The van der Waals surface area contributed by atoms with Gasteiger partial charge in [-0.3, -0.25) is 9.59 Å². The fourth-order valence-corrected chi connectivity index (χ4v) is 4.39. The zero-order valence-corrected chi connectivity index (χ0v) is 17.1. The van der Waals surface area contributed by atoms with Crippen LogP contribution in [-0.2, 0) is 9.59 Å². The Labute approximate surface area is 171 Å². The molecule has 3 rings (SSSR count). The molecular formula is C20H17Cl2NO3S. The number of carbonyl (C=O) groups is 2. The van der Waals surface area contributed by atoms with Gasteiger partial charge in [-0.2, -0.15) is 0 Å². The van der Waals surface area contributed by atoms with Gasteiger partial charge in [-0.25, -0.2) is 4.90 Å². The van der Waals surface area contributed by atoms with Gasteiger partial charge in [0.15, 0.2) is 0 Å². The molecule has 2 aromatic carbocycles. The van der Waals surface area contributed by atoms with E-state index in [0.29, 0.717) is 37.5 Å². The predicted octanol–water partition coefficient (Wildman–Crippen LogP) is 4.62. The van der Waals surface area contributed by atoms with Crippen molar-refractivity contribution in [1.82, 2.24) is 0 Å². The van der Waals surface area contributed by atoms with Crippen molar-refractivity contribution >= 4 is 58.0 Å². The van der Waals surface area contributed by atoms with Crippen molar-refractivity contribution in [2.45, 2.75) is 13.8 Å². The summed E-state index contributed by atoms with van der Waals surface area (Å²) in [6.07, 6.45) is 0. The van der Waals surface area contributed by atoms with Crippen LogP contribution in [0.3, 0.4) is 0 Å². The molecule has 0 radical (unpaired) electrons. The minimum absolute atomic E-state index is 0.0984. The third-order valence-electron chi connectivity index (χ3n) is 4.14. The summed E-state index contributed by atoms with van der Waals surface area (Å²) < 4.78 is 0. The third-order valence-corrected chi connectivity index (χ3v) is 5.63. The lowest BCUT2D eigenvalue weighted by atomic mass is 9.99. The summed E-state index contributed by atoms with van der Waals surface area (Å²) in [4.78, 5) is 27.7. The summed E-state index contributed by atoms with van der Waals surface area (Å²) in [5, 5.41) is 9.87. The van der Waals surface area contributed by atoms with Crippen LogP contribution in [0.15, 0.2) is 41.3 Å². The molecule has 0 bridgehead atoms. The molecule has 0 unspecified atom stereocenters. The number of nitrogens with zero attached hydrogens (tertiary/aromatic N) is 1. The Morgan fingerprint density at radius 2 is 1.67 bits per heavy atom. The van der Waals surface area contributed by atoms with E-state index in [1.807, 2.05) is 32.0 Å². The number of aliphatic hydroxyl groups is 1. The molecule has 140 valence electrons. The van der Waals surface area contributed by atoms with Crippen LogP contribution in [0.2, 0.25) is 10.0 Å². The van der Waals surface area contributed by atoms with Gasteiger partial charge < -0.3 is 5.11 Å².